The highest BCUT2D eigenvalue weighted by Gasteiger charge is 2.12. The fourth-order valence-electron chi connectivity index (χ4n) is 1.62. The molecule has 0 aromatic carbocycles. The highest BCUT2D eigenvalue weighted by atomic mass is 32.2. The van der Waals surface area contributed by atoms with Gasteiger partial charge >= 0.3 is 0 Å². The second-order valence-corrected chi connectivity index (χ2v) is 5.06. The minimum absolute atomic E-state index is 0.419. The van der Waals surface area contributed by atoms with Gasteiger partial charge in [0.1, 0.15) is 18.4 Å². The highest BCUT2D eigenvalue weighted by molar-refractivity contribution is 7.99. The van der Waals surface area contributed by atoms with Crippen molar-refractivity contribution in [2.75, 3.05) is 11.9 Å². The summed E-state index contributed by atoms with van der Waals surface area (Å²) in [7, 11) is 0. The number of nitrogens with one attached hydrogen (secondary N) is 1. The van der Waals surface area contributed by atoms with Gasteiger partial charge in [-0.1, -0.05) is 0 Å². The molecule has 3 aromatic heterocycles. The van der Waals surface area contributed by atoms with Gasteiger partial charge in [0.15, 0.2) is 5.16 Å². The van der Waals surface area contributed by atoms with Crippen molar-refractivity contribution in [3.8, 4) is 5.95 Å². The summed E-state index contributed by atoms with van der Waals surface area (Å²) < 4.78 is 6.78. The van der Waals surface area contributed by atoms with E-state index in [2.05, 4.69) is 30.4 Å². The first-order valence-corrected chi connectivity index (χ1v) is 7.15. The predicted molar refractivity (Wildman–Crippen MR) is 76.5 cm³/mol. The first kappa shape index (κ1) is 13.6. The molecule has 0 fully saturated rings. The largest absolute Gasteiger partial charge is 0.468 e. The maximum atomic E-state index is 5.28. The van der Waals surface area contributed by atoms with Crippen molar-refractivity contribution in [2.45, 2.75) is 23.9 Å². The lowest BCUT2D eigenvalue weighted by Gasteiger charge is -2.06. The quantitative estimate of drug-likeness (QED) is 0.764. The molecule has 108 valence electrons. The van der Waals surface area contributed by atoms with Crippen LogP contribution in [0.5, 0.6) is 0 Å². The first-order chi connectivity index (χ1) is 10.3. The van der Waals surface area contributed by atoms with Crippen molar-refractivity contribution in [3.63, 3.8) is 0 Å². The average Bonchev–Trinajstić information content (AvgIpc) is 3.12. The van der Waals surface area contributed by atoms with Crippen LogP contribution in [0.2, 0.25) is 0 Å². The normalized spacial score (nSPS) is 10.8. The average molecular weight is 303 g/mol. The van der Waals surface area contributed by atoms with E-state index in [1.54, 1.807) is 12.6 Å². The van der Waals surface area contributed by atoms with E-state index < -0.39 is 0 Å². The Labute approximate surface area is 125 Å². The van der Waals surface area contributed by atoms with Crippen molar-refractivity contribution < 1.29 is 4.42 Å². The minimum atomic E-state index is 0.419. The van der Waals surface area contributed by atoms with Crippen LogP contribution in [0.4, 0.5) is 5.95 Å². The zero-order valence-corrected chi connectivity index (χ0v) is 12.3. The Balaban J connectivity index is 1.97. The standard InChI is InChI=1S/C12H13N7OS/c1-3-14-10-16-11(19-7-13-6-15-19)18-12(17-10)21-9-4-5-20-8(9)2/h4-7H,3H2,1-2H3,(H,14,16,17,18). The molecule has 9 heteroatoms. The minimum Gasteiger partial charge on any atom is -0.468 e. The lowest BCUT2D eigenvalue weighted by atomic mass is 10.5. The molecule has 0 aliphatic heterocycles. The van der Waals surface area contributed by atoms with E-state index in [0.29, 0.717) is 17.1 Å². The second-order valence-electron chi connectivity index (χ2n) is 4.06. The number of aryl methyl sites for hydroxylation is 1. The van der Waals surface area contributed by atoms with Crippen molar-refractivity contribution in [2.24, 2.45) is 0 Å². The molecule has 1 N–H and O–H groups in total. The summed E-state index contributed by atoms with van der Waals surface area (Å²) in [5.41, 5.74) is 0. The van der Waals surface area contributed by atoms with Crippen molar-refractivity contribution in [1.29, 1.82) is 0 Å². The van der Waals surface area contributed by atoms with Crippen LogP contribution in [0.3, 0.4) is 0 Å². The summed E-state index contributed by atoms with van der Waals surface area (Å²) >= 11 is 1.41. The summed E-state index contributed by atoms with van der Waals surface area (Å²) in [5, 5.41) is 7.69. The molecule has 0 amide bonds. The van der Waals surface area contributed by atoms with Crippen LogP contribution in [0, 0.1) is 6.92 Å². The fourth-order valence-corrected chi connectivity index (χ4v) is 2.39. The van der Waals surface area contributed by atoms with Gasteiger partial charge in [0.25, 0.3) is 5.95 Å². The number of hydrogen-bond acceptors (Lipinski definition) is 8. The Bertz CT molecular complexity index is 725. The van der Waals surface area contributed by atoms with Gasteiger partial charge in [-0.25, -0.2) is 4.98 Å². The number of furan rings is 1. The molecule has 0 saturated carbocycles. The lowest BCUT2D eigenvalue weighted by Crippen LogP contribution is -2.09. The number of anilines is 1. The van der Waals surface area contributed by atoms with E-state index in [-0.39, 0.29) is 0 Å². The third-order valence-electron chi connectivity index (χ3n) is 2.57. The van der Waals surface area contributed by atoms with Crippen LogP contribution >= 0.6 is 11.8 Å². The summed E-state index contributed by atoms with van der Waals surface area (Å²) in [6.45, 7) is 4.59. The van der Waals surface area contributed by atoms with Crippen LogP contribution < -0.4 is 5.32 Å². The smallest absolute Gasteiger partial charge is 0.257 e. The van der Waals surface area contributed by atoms with Crippen molar-refractivity contribution in [3.05, 3.63) is 30.7 Å². The van der Waals surface area contributed by atoms with Crippen LogP contribution in [-0.4, -0.2) is 36.3 Å². The summed E-state index contributed by atoms with van der Waals surface area (Å²) in [6, 6.07) is 1.88. The van der Waals surface area contributed by atoms with Gasteiger partial charge in [-0.2, -0.15) is 24.7 Å². The SMILES string of the molecule is CCNc1nc(Sc2ccoc2C)nc(-n2cncn2)n1. The van der Waals surface area contributed by atoms with Gasteiger partial charge in [0, 0.05) is 6.54 Å². The molecular weight excluding hydrogens is 290 g/mol. The monoisotopic (exact) mass is 303 g/mol. The van der Waals surface area contributed by atoms with Gasteiger partial charge in [-0.05, 0) is 31.7 Å². The van der Waals surface area contributed by atoms with E-state index in [0.717, 1.165) is 17.2 Å². The van der Waals surface area contributed by atoms with Crippen LogP contribution in [0.15, 0.2) is 39.5 Å². The third-order valence-corrected chi connectivity index (χ3v) is 3.58. The van der Waals surface area contributed by atoms with Gasteiger partial charge < -0.3 is 9.73 Å². The van der Waals surface area contributed by atoms with Crippen molar-refractivity contribution in [1.82, 2.24) is 29.7 Å². The number of nitrogens with zero attached hydrogens (tertiary/aromatic N) is 6. The molecule has 0 spiro atoms. The number of aromatic nitrogens is 6. The summed E-state index contributed by atoms with van der Waals surface area (Å²) in [4.78, 5) is 17.9. The zero-order valence-electron chi connectivity index (χ0n) is 11.5. The van der Waals surface area contributed by atoms with E-state index in [9.17, 15) is 0 Å². The zero-order chi connectivity index (χ0) is 14.7. The van der Waals surface area contributed by atoms with E-state index in [1.165, 1.54) is 22.8 Å². The van der Waals surface area contributed by atoms with Gasteiger partial charge in [0.05, 0.1) is 11.2 Å². The molecule has 21 heavy (non-hydrogen) atoms. The highest BCUT2D eigenvalue weighted by Crippen LogP contribution is 2.29. The van der Waals surface area contributed by atoms with Gasteiger partial charge in [0.2, 0.25) is 5.95 Å². The maximum Gasteiger partial charge on any atom is 0.257 e. The molecular formula is C12H13N7OS. The molecule has 0 atom stereocenters. The Hall–Kier alpha value is -2.42. The Morgan fingerprint density at radius 1 is 1.33 bits per heavy atom. The molecule has 0 aliphatic carbocycles. The van der Waals surface area contributed by atoms with Crippen LogP contribution in [-0.2, 0) is 0 Å². The maximum absolute atomic E-state index is 5.28. The molecule has 3 aromatic rings. The third kappa shape index (κ3) is 3.02. The van der Waals surface area contributed by atoms with E-state index in [4.69, 9.17) is 4.42 Å². The molecule has 0 bridgehead atoms. The Kier molecular flexibility index (Phi) is 3.82. The summed E-state index contributed by atoms with van der Waals surface area (Å²) in [6.07, 6.45) is 4.62. The molecule has 3 rings (SSSR count). The lowest BCUT2D eigenvalue weighted by molar-refractivity contribution is 0.527. The van der Waals surface area contributed by atoms with E-state index >= 15 is 0 Å². The molecule has 0 aliphatic rings. The second kappa shape index (κ2) is 5.92. The van der Waals surface area contributed by atoms with Crippen molar-refractivity contribution >= 4 is 17.7 Å². The topological polar surface area (TPSA) is 94.6 Å². The molecule has 0 radical (unpaired) electrons. The van der Waals surface area contributed by atoms with Gasteiger partial charge in [-0.15, -0.1) is 0 Å². The first-order valence-electron chi connectivity index (χ1n) is 6.33. The molecule has 0 saturated heterocycles. The fraction of sp³-hybridized carbons (Fsp3) is 0.250. The predicted octanol–water partition coefficient (Wildman–Crippen LogP) is 1.94. The molecule has 8 nitrogen and oxygen atoms in total. The molecule has 0 unspecified atom stereocenters. The molecule has 3 heterocycles. The Morgan fingerprint density at radius 3 is 2.90 bits per heavy atom. The summed E-state index contributed by atoms with van der Waals surface area (Å²) in [5.74, 6) is 1.75. The Morgan fingerprint density at radius 2 is 2.24 bits per heavy atom. The van der Waals surface area contributed by atoms with Gasteiger partial charge in [-0.3, -0.25) is 0 Å². The van der Waals surface area contributed by atoms with E-state index in [1.807, 2.05) is 19.9 Å². The number of hydrogen-bond donors (Lipinski definition) is 1. The number of rotatable bonds is 5. The van der Waals surface area contributed by atoms with Crippen LogP contribution in [0.25, 0.3) is 5.95 Å². The van der Waals surface area contributed by atoms with Crippen LogP contribution in [0.1, 0.15) is 12.7 Å².